The summed E-state index contributed by atoms with van der Waals surface area (Å²) in [4.78, 5) is 27.0. The lowest BCUT2D eigenvalue weighted by Crippen LogP contribution is -2.45. The van der Waals surface area contributed by atoms with Gasteiger partial charge in [-0.05, 0) is 43.0 Å². The second-order valence-corrected chi connectivity index (χ2v) is 9.07. The summed E-state index contributed by atoms with van der Waals surface area (Å²) in [5, 5.41) is 3.13. The van der Waals surface area contributed by atoms with Crippen molar-refractivity contribution in [3.63, 3.8) is 0 Å². The van der Waals surface area contributed by atoms with Gasteiger partial charge in [-0.3, -0.25) is 14.5 Å². The van der Waals surface area contributed by atoms with Crippen LogP contribution in [0.4, 0.5) is 28.9 Å². The number of ketones is 1. The number of hydrogen-bond acceptors (Lipinski definition) is 3. The molecule has 0 spiro atoms. The highest BCUT2D eigenvalue weighted by Gasteiger charge is 2.50. The van der Waals surface area contributed by atoms with Crippen LogP contribution in [0.15, 0.2) is 84.1 Å². The molecule has 3 aromatic rings. The lowest BCUT2D eigenvalue weighted by Gasteiger charge is -2.35. The Morgan fingerprint density at radius 1 is 0.944 bits per heavy atom. The van der Waals surface area contributed by atoms with Crippen molar-refractivity contribution in [3.8, 4) is 0 Å². The number of benzene rings is 3. The number of Topliss-reactive ketones (excluding diaryl/α,β-unsaturated/α-hetero) is 1. The van der Waals surface area contributed by atoms with E-state index in [-0.39, 0.29) is 34.9 Å². The molecule has 1 N–H and O–H groups in total. The van der Waals surface area contributed by atoms with E-state index in [0.29, 0.717) is 17.0 Å². The van der Waals surface area contributed by atoms with Gasteiger partial charge in [0.05, 0.1) is 17.4 Å². The number of alkyl halides is 3. The number of halogens is 4. The van der Waals surface area contributed by atoms with Gasteiger partial charge in [0.25, 0.3) is 0 Å². The van der Waals surface area contributed by atoms with Crippen LogP contribution < -0.4 is 10.2 Å². The monoisotopic (exact) mass is 494 g/mol. The highest BCUT2D eigenvalue weighted by atomic mass is 19.4. The molecule has 8 heteroatoms. The number of rotatable bonds is 2. The van der Waals surface area contributed by atoms with Crippen LogP contribution in [0, 0.1) is 12.7 Å². The standard InChI is InChI=1S/C28H22F4N2O2/c1-16-10-12-17(13-11-16)18-14-22-25(24(35)15-18)26(19-6-2-3-7-20(19)29)34(27(36)28(30,31)32)23-9-5-4-8-21(23)33-22/h2-13,18,26,33H,14-15H2,1H3/t18-,26-/m1/s1. The molecule has 1 aliphatic heterocycles. The van der Waals surface area contributed by atoms with Crippen LogP contribution in [0.3, 0.4) is 0 Å². The van der Waals surface area contributed by atoms with Crippen LogP contribution in [-0.4, -0.2) is 17.9 Å². The zero-order valence-corrected chi connectivity index (χ0v) is 19.3. The van der Waals surface area contributed by atoms with E-state index >= 15 is 4.39 Å². The van der Waals surface area contributed by atoms with Crippen LogP contribution in [0.1, 0.15) is 41.5 Å². The van der Waals surface area contributed by atoms with Gasteiger partial charge in [-0.2, -0.15) is 13.2 Å². The van der Waals surface area contributed by atoms with E-state index in [1.807, 2.05) is 31.2 Å². The molecular formula is C28H22F4N2O2. The molecule has 1 aliphatic carbocycles. The molecule has 0 saturated heterocycles. The second-order valence-electron chi connectivity index (χ2n) is 9.07. The predicted molar refractivity (Wildman–Crippen MR) is 128 cm³/mol. The summed E-state index contributed by atoms with van der Waals surface area (Å²) >= 11 is 0. The number of nitrogens with zero attached hydrogens (tertiary/aromatic N) is 1. The van der Waals surface area contributed by atoms with Gasteiger partial charge in [0.2, 0.25) is 0 Å². The average Bonchev–Trinajstić information content (AvgIpc) is 2.98. The van der Waals surface area contributed by atoms with Gasteiger partial charge in [0.1, 0.15) is 5.82 Å². The molecule has 2 aliphatic rings. The average molecular weight is 494 g/mol. The number of fused-ring (bicyclic) bond motifs is 1. The van der Waals surface area contributed by atoms with Crippen molar-refractivity contribution >= 4 is 23.1 Å². The van der Waals surface area contributed by atoms with Gasteiger partial charge in [0.15, 0.2) is 5.78 Å². The Balaban J connectivity index is 1.74. The summed E-state index contributed by atoms with van der Waals surface area (Å²) in [6.45, 7) is 1.95. The number of allylic oxidation sites excluding steroid dienone is 1. The van der Waals surface area contributed by atoms with Gasteiger partial charge < -0.3 is 5.32 Å². The molecule has 0 bridgehead atoms. The molecule has 0 aromatic heterocycles. The summed E-state index contributed by atoms with van der Waals surface area (Å²) in [5.74, 6) is -3.63. The Kier molecular flexibility index (Phi) is 5.90. The van der Waals surface area contributed by atoms with Gasteiger partial charge in [-0.1, -0.05) is 60.2 Å². The smallest absolute Gasteiger partial charge is 0.357 e. The molecule has 0 saturated carbocycles. The molecule has 3 aromatic carbocycles. The quantitative estimate of drug-likeness (QED) is 0.409. The van der Waals surface area contributed by atoms with E-state index in [1.165, 1.54) is 30.3 Å². The fraction of sp³-hybridized carbons (Fsp3) is 0.214. The largest absolute Gasteiger partial charge is 0.471 e. The Morgan fingerprint density at radius 2 is 1.61 bits per heavy atom. The maximum absolute atomic E-state index is 15.1. The van der Waals surface area contributed by atoms with Crippen molar-refractivity contribution in [3.05, 3.63) is 107 Å². The third kappa shape index (κ3) is 4.17. The number of carbonyl (C=O) groups is 2. The number of para-hydroxylation sites is 2. The third-order valence-electron chi connectivity index (χ3n) is 6.70. The summed E-state index contributed by atoms with van der Waals surface area (Å²) in [6.07, 6.45) is -4.90. The summed E-state index contributed by atoms with van der Waals surface area (Å²) in [5.41, 5.74) is 2.31. The predicted octanol–water partition coefficient (Wildman–Crippen LogP) is 6.60. The first-order valence-corrected chi connectivity index (χ1v) is 11.5. The van der Waals surface area contributed by atoms with Crippen molar-refractivity contribution in [2.24, 2.45) is 0 Å². The first-order chi connectivity index (χ1) is 17.1. The van der Waals surface area contributed by atoms with E-state index < -0.39 is 29.7 Å². The molecule has 1 amide bonds. The summed E-state index contributed by atoms with van der Waals surface area (Å²) < 4.78 is 56.8. The topological polar surface area (TPSA) is 49.4 Å². The van der Waals surface area contributed by atoms with Crippen LogP contribution in [-0.2, 0) is 9.59 Å². The molecule has 0 fully saturated rings. The van der Waals surface area contributed by atoms with Crippen LogP contribution in [0.2, 0.25) is 0 Å². The minimum atomic E-state index is -5.25. The zero-order chi connectivity index (χ0) is 25.6. The minimum Gasteiger partial charge on any atom is -0.357 e. The van der Waals surface area contributed by atoms with Crippen molar-refractivity contribution < 1.29 is 27.2 Å². The SMILES string of the molecule is Cc1ccc([C@H]2CC(=O)C3=C(C2)Nc2ccccc2N(C(=O)C(F)(F)F)[C@@H]3c2ccccc2F)cc1. The van der Waals surface area contributed by atoms with Crippen molar-refractivity contribution in [2.45, 2.75) is 37.9 Å². The summed E-state index contributed by atoms with van der Waals surface area (Å²) in [6, 6.07) is 17.5. The molecule has 2 atom stereocenters. The molecule has 184 valence electrons. The molecule has 1 heterocycles. The molecule has 5 rings (SSSR count). The lowest BCUT2D eigenvalue weighted by atomic mass is 9.78. The highest BCUT2D eigenvalue weighted by Crippen LogP contribution is 2.48. The number of amides is 1. The molecule has 0 radical (unpaired) electrons. The van der Waals surface area contributed by atoms with Crippen LogP contribution in [0.5, 0.6) is 0 Å². The lowest BCUT2D eigenvalue weighted by molar-refractivity contribution is -0.170. The molecule has 36 heavy (non-hydrogen) atoms. The van der Waals surface area contributed by atoms with E-state index in [0.717, 1.165) is 17.2 Å². The number of aryl methyl sites for hydroxylation is 1. The molecule has 4 nitrogen and oxygen atoms in total. The normalized spacial score (nSPS) is 19.8. The first-order valence-electron chi connectivity index (χ1n) is 11.5. The maximum atomic E-state index is 15.1. The fourth-order valence-electron chi connectivity index (χ4n) is 5.02. The van der Waals surface area contributed by atoms with E-state index in [1.54, 1.807) is 12.1 Å². The van der Waals surface area contributed by atoms with Gasteiger partial charge in [0, 0.05) is 23.3 Å². The van der Waals surface area contributed by atoms with Gasteiger partial charge in [-0.25, -0.2) is 4.39 Å². The van der Waals surface area contributed by atoms with E-state index in [2.05, 4.69) is 5.32 Å². The van der Waals surface area contributed by atoms with Gasteiger partial charge in [-0.15, -0.1) is 0 Å². The number of hydrogen-bond donors (Lipinski definition) is 1. The molecular weight excluding hydrogens is 472 g/mol. The number of nitrogens with one attached hydrogen (secondary N) is 1. The highest BCUT2D eigenvalue weighted by molar-refractivity contribution is 6.07. The number of carbonyl (C=O) groups excluding carboxylic acids is 2. The maximum Gasteiger partial charge on any atom is 0.471 e. The van der Waals surface area contributed by atoms with Gasteiger partial charge >= 0.3 is 12.1 Å². The number of anilines is 2. The van der Waals surface area contributed by atoms with E-state index in [4.69, 9.17) is 0 Å². The fourth-order valence-corrected chi connectivity index (χ4v) is 5.02. The van der Waals surface area contributed by atoms with Crippen molar-refractivity contribution in [1.82, 2.24) is 0 Å². The van der Waals surface area contributed by atoms with Crippen molar-refractivity contribution in [2.75, 3.05) is 10.2 Å². The third-order valence-corrected chi connectivity index (χ3v) is 6.70. The molecule has 0 unspecified atom stereocenters. The Labute approximate surface area is 205 Å². The second kappa shape index (κ2) is 8.93. The minimum absolute atomic E-state index is 0.0267. The van der Waals surface area contributed by atoms with Crippen LogP contribution in [0.25, 0.3) is 0 Å². The van der Waals surface area contributed by atoms with Crippen LogP contribution >= 0.6 is 0 Å². The Bertz CT molecular complexity index is 1380. The van der Waals surface area contributed by atoms with Crippen molar-refractivity contribution in [1.29, 1.82) is 0 Å². The van der Waals surface area contributed by atoms with E-state index in [9.17, 15) is 22.8 Å². The zero-order valence-electron chi connectivity index (χ0n) is 19.3. The Hall–Kier alpha value is -3.94. The first kappa shape index (κ1) is 23.8. The Morgan fingerprint density at radius 3 is 2.31 bits per heavy atom. The summed E-state index contributed by atoms with van der Waals surface area (Å²) in [7, 11) is 0.